The SMILES string of the molecule is C[C@@H]1CN([C@H](C)CO)C(=O)Cc2cc(NS(=O)(=O)c3ccc(Cl)cc3)ccc2O[C@@H]1CN(C)S(=O)(=O)c1cccs1. The minimum absolute atomic E-state index is 0.00131. The number of amides is 1. The molecule has 1 amide bonds. The summed E-state index contributed by atoms with van der Waals surface area (Å²) in [5.74, 6) is -0.255. The second-order valence-electron chi connectivity index (χ2n) is 9.99. The third-order valence-corrected chi connectivity index (χ3v) is 11.7. The highest BCUT2D eigenvalue weighted by Gasteiger charge is 2.34. The average molecular weight is 642 g/mol. The molecule has 2 aromatic carbocycles. The van der Waals surface area contributed by atoms with Gasteiger partial charge in [0.1, 0.15) is 16.1 Å². The van der Waals surface area contributed by atoms with Crippen molar-refractivity contribution in [1.82, 2.24) is 9.21 Å². The third kappa shape index (κ3) is 7.22. The van der Waals surface area contributed by atoms with Gasteiger partial charge in [0.25, 0.3) is 20.0 Å². The van der Waals surface area contributed by atoms with Crippen molar-refractivity contribution >= 4 is 54.6 Å². The summed E-state index contributed by atoms with van der Waals surface area (Å²) in [4.78, 5) is 15.0. The van der Waals surface area contributed by atoms with Gasteiger partial charge in [0.15, 0.2) is 0 Å². The number of hydrogen-bond donors (Lipinski definition) is 2. The monoisotopic (exact) mass is 641 g/mol. The molecule has 0 fully saturated rings. The number of fused-ring (bicyclic) bond motifs is 1. The molecule has 3 aromatic rings. The molecule has 3 atom stereocenters. The van der Waals surface area contributed by atoms with E-state index < -0.39 is 32.2 Å². The van der Waals surface area contributed by atoms with Gasteiger partial charge in [-0.3, -0.25) is 9.52 Å². The molecular formula is C27H32ClN3O7S3. The number of thiophene rings is 1. The molecule has 222 valence electrons. The van der Waals surface area contributed by atoms with Crippen molar-refractivity contribution in [1.29, 1.82) is 0 Å². The zero-order valence-electron chi connectivity index (χ0n) is 22.7. The van der Waals surface area contributed by atoms with Crippen LogP contribution in [-0.2, 0) is 31.3 Å². The molecule has 1 aliphatic heterocycles. The van der Waals surface area contributed by atoms with Crippen LogP contribution in [0.15, 0.2) is 69.1 Å². The molecule has 0 bridgehead atoms. The Morgan fingerprint density at radius 2 is 1.88 bits per heavy atom. The van der Waals surface area contributed by atoms with E-state index in [-0.39, 0.29) is 52.7 Å². The molecule has 0 saturated carbocycles. The summed E-state index contributed by atoms with van der Waals surface area (Å²) in [5, 5.41) is 11.9. The average Bonchev–Trinajstić information content (AvgIpc) is 3.48. The van der Waals surface area contributed by atoms with Gasteiger partial charge in [-0.05, 0) is 60.8 Å². The summed E-state index contributed by atoms with van der Waals surface area (Å²) < 4.78 is 62.5. The normalized spacial score (nSPS) is 19.1. The summed E-state index contributed by atoms with van der Waals surface area (Å²) in [6.45, 7) is 3.55. The van der Waals surface area contributed by atoms with E-state index in [1.165, 1.54) is 53.8 Å². The predicted molar refractivity (Wildman–Crippen MR) is 158 cm³/mol. The fourth-order valence-electron chi connectivity index (χ4n) is 4.45. The Hall–Kier alpha value is -2.68. The number of aliphatic hydroxyl groups excluding tert-OH is 1. The number of benzene rings is 2. The van der Waals surface area contributed by atoms with Crippen LogP contribution in [0.4, 0.5) is 5.69 Å². The minimum atomic E-state index is -3.95. The number of anilines is 1. The molecule has 41 heavy (non-hydrogen) atoms. The third-order valence-electron chi connectivity index (χ3n) is 6.89. The van der Waals surface area contributed by atoms with E-state index in [1.54, 1.807) is 29.3 Å². The number of nitrogens with zero attached hydrogens (tertiary/aromatic N) is 2. The van der Waals surface area contributed by atoms with Gasteiger partial charge in [-0.2, -0.15) is 4.31 Å². The number of ether oxygens (including phenoxy) is 1. The van der Waals surface area contributed by atoms with Gasteiger partial charge < -0.3 is 14.7 Å². The smallest absolute Gasteiger partial charge is 0.261 e. The first-order chi connectivity index (χ1) is 19.3. The maximum atomic E-state index is 13.4. The molecule has 0 radical (unpaired) electrons. The number of aliphatic hydroxyl groups is 1. The van der Waals surface area contributed by atoms with Gasteiger partial charge in [0.2, 0.25) is 5.91 Å². The van der Waals surface area contributed by atoms with Crippen molar-refractivity contribution in [3.63, 3.8) is 0 Å². The number of carbonyl (C=O) groups is 1. The first kappa shape index (κ1) is 31.3. The van der Waals surface area contributed by atoms with E-state index in [2.05, 4.69) is 4.72 Å². The van der Waals surface area contributed by atoms with Crippen molar-refractivity contribution in [2.75, 3.05) is 31.5 Å². The lowest BCUT2D eigenvalue weighted by Crippen LogP contribution is -2.48. The molecule has 2 heterocycles. The van der Waals surface area contributed by atoms with Crippen molar-refractivity contribution in [3.8, 4) is 5.75 Å². The van der Waals surface area contributed by atoms with E-state index >= 15 is 0 Å². The Bertz CT molecular complexity index is 1580. The Morgan fingerprint density at radius 1 is 1.17 bits per heavy atom. The Kier molecular flexibility index (Phi) is 9.66. The highest BCUT2D eigenvalue weighted by molar-refractivity contribution is 7.92. The first-order valence-corrected chi connectivity index (χ1v) is 17.0. The first-order valence-electron chi connectivity index (χ1n) is 12.8. The predicted octanol–water partition coefficient (Wildman–Crippen LogP) is 3.67. The molecule has 0 spiro atoms. The maximum Gasteiger partial charge on any atom is 0.261 e. The van der Waals surface area contributed by atoms with E-state index in [9.17, 15) is 26.7 Å². The lowest BCUT2D eigenvalue weighted by atomic mass is 10.0. The van der Waals surface area contributed by atoms with Crippen LogP contribution in [0.25, 0.3) is 0 Å². The maximum absolute atomic E-state index is 13.4. The van der Waals surface area contributed by atoms with E-state index in [0.717, 1.165) is 11.3 Å². The number of hydrogen-bond acceptors (Lipinski definition) is 8. The largest absolute Gasteiger partial charge is 0.488 e. The molecule has 1 aromatic heterocycles. The second kappa shape index (κ2) is 12.7. The van der Waals surface area contributed by atoms with Gasteiger partial charge in [-0.15, -0.1) is 11.3 Å². The molecule has 2 N–H and O–H groups in total. The molecule has 10 nitrogen and oxygen atoms in total. The van der Waals surface area contributed by atoms with Gasteiger partial charge in [0, 0.05) is 35.8 Å². The molecule has 0 unspecified atom stereocenters. The zero-order chi connectivity index (χ0) is 29.9. The fourth-order valence-corrected chi connectivity index (χ4v) is 8.01. The summed E-state index contributed by atoms with van der Waals surface area (Å²) in [6, 6.07) is 13.0. The van der Waals surface area contributed by atoms with Crippen LogP contribution in [0.1, 0.15) is 19.4 Å². The van der Waals surface area contributed by atoms with Crippen LogP contribution in [0.5, 0.6) is 5.75 Å². The van der Waals surface area contributed by atoms with Crippen molar-refractivity contribution in [2.24, 2.45) is 5.92 Å². The Morgan fingerprint density at radius 3 is 2.51 bits per heavy atom. The Balaban J connectivity index is 1.68. The lowest BCUT2D eigenvalue weighted by Gasteiger charge is -2.33. The number of nitrogens with one attached hydrogen (secondary N) is 1. The lowest BCUT2D eigenvalue weighted by molar-refractivity contribution is -0.134. The molecule has 14 heteroatoms. The number of sulfonamides is 2. The number of carbonyl (C=O) groups excluding carboxylic acids is 1. The van der Waals surface area contributed by atoms with E-state index in [1.807, 2.05) is 6.92 Å². The van der Waals surface area contributed by atoms with Gasteiger partial charge in [-0.1, -0.05) is 24.6 Å². The van der Waals surface area contributed by atoms with Gasteiger partial charge in [0.05, 0.1) is 30.5 Å². The van der Waals surface area contributed by atoms with Crippen LogP contribution in [-0.4, -0.2) is 75.9 Å². The molecule has 4 rings (SSSR count). The highest BCUT2D eigenvalue weighted by Crippen LogP contribution is 2.31. The topological polar surface area (TPSA) is 133 Å². The molecule has 1 aliphatic rings. The molecular weight excluding hydrogens is 610 g/mol. The van der Waals surface area contributed by atoms with E-state index in [4.69, 9.17) is 16.3 Å². The Labute approximate surface area is 249 Å². The zero-order valence-corrected chi connectivity index (χ0v) is 25.9. The standard InChI is InChI=1S/C27H32ClN3O7S3/c1-18-15-31(19(2)17-32)26(33)14-20-13-22(29-40(34,35)23-9-6-21(28)7-10-23)8-11-24(20)38-25(18)16-30(3)41(36,37)27-5-4-12-39-27/h4-13,18-19,25,29,32H,14-17H2,1-3H3/t18-,19-,25-/m1/s1. The van der Waals surface area contributed by atoms with Crippen LogP contribution in [0, 0.1) is 5.92 Å². The summed E-state index contributed by atoms with van der Waals surface area (Å²) >= 11 is 7.01. The fraction of sp³-hybridized carbons (Fsp3) is 0.370. The van der Waals surface area contributed by atoms with Crippen LogP contribution in [0.2, 0.25) is 5.02 Å². The van der Waals surface area contributed by atoms with Crippen molar-refractivity contribution < 1.29 is 31.5 Å². The second-order valence-corrected chi connectivity index (χ2v) is 15.3. The van der Waals surface area contributed by atoms with E-state index in [0.29, 0.717) is 16.3 Å². The number of likely N-dealkylation sites (N-methyl/N-ethyl adjacent to an activating group) is 1. The summed E-state index contributed by atoms with van der Waals surface area (Å²) in [6.07, 6.45) is -0.775. The molecule has 0 saturated heterocycles. The van der Waals surface area contributed by atoms with Gasteiger partial charge in [-0.25, -0.2) is 16.8 Å². The highest BCUT2D eigenvalue weighted by atomic mass is 35.5. The van der Waals surface area contributed by atoms with Crippen molar-refractivity contribution in [2.45, 2.75) is 41.5 Å². The quantitative estimate of drug-likeness (QED) is 0.364. The number of halogens is 1. The van der Waals surface area contributed by atoms with Crippen LogP contribution < -0.4 is 9.46 Å². The van der Waals surface area contributed by atoms with Crippen molar-refractivity contribution in [3.05, 3.63) is 70.6 Å². The minimum Gasteiger partial charge on any atom is -0.488 e. The number of rotatable bonds is 9. The summed E-state index contributed by atoms with van der Waals surface area (Å²) in [7, 11) is -6.23. The van der Waals surface area contributed by atoms with Gasteiger partial charge >= 0.3 is 0 Å². The summed E-state index contributed by atoms with van der Waals surface area (Å²) in [5.41, 5.74) is 0.641. The van der Waals surface area contributed by atoms with Crippen LogP contribution in [0.3, 0.4) is 0 Å². The molecule has 0 aliphatic carbocycles. The van der Waals surface area contributed by atoms with Crippen LogP contribution >= 0.6 is 22.9 Å².